The van der Waals surface area contributed by atoms with E-state index < -0.39 is 0 Å². The average Bonchev–Trinajstić information content (AvgIpc) is 3.29. The van der Waals surface area contributed by atoms with Crippen molar-refractivity contribution < 1.29 is 9.84 Å². The minimum atomic E-state index is -0.333. The predicted molar refractivity (Wildman–Crippen MR) is 76.0 cm³/mol. The fourth-order valence-corrected chi connectivity index (χ4v) is 3.43. The third-order valence-corrected chi connectivity index (χ3v) is 5.01. The molecule has 2 N–H and O–H groups in total. The Labute approximate surface area is 117 Å². The van der Waals surface area contributed by atoms with Crippen molar-refractivity contribution in [3.05, 3.63) is 0 Å². The highest BCUT2D eigenvalue weighted by Gasteiger charge is 2.34. The Morgan fingerprint density at radius 2 is 1.89 bits per heavy atom. The van der Waals surface area contributed by atoms with Crippen LogP contribution in [0.1, 0.15) is 51.4 Å². The zero-order valence-corrected chi connectivity index (χ0v) is 12.0. The lowest BCUT2D eigenvalue weighted by Crippen LogP contribution is -2.40. The first-order valence-electron chi connectivity index (χ1n) is 8.30. The minimum Gasteiger partial charge on any atom is -0.389 e. The van der Waals surface area contributed by atoms with Crippen LogP contribution in [0.2, 0.25) is 0 Å². The molecule has 3 unspecified atom stereocenters. The normalized spacial score (nSPS) is 33.3. The van der Waals surface area contributed by atoms with Crippen LogP contribution < -0.4 is 5.32 Å². The monoisotopic (exact) mass is 267 g/mol. The van der Waals surface area contributed by atoms with Crippen LogP contribution in [0.4, 0.5) is 0 Å². The smallest absolute Gasteiger partial charge is 0.0897 e. The van der Waals surface area contributed by atoms with Crippen molar-refractivity contribution in [2.45, 2.75) is 63.5 Å². The maximum absolute atomic E-state index is 9.91. The Morgan fingerprint density at radius 3 is 2.63 bits per heavy atom. The Hall–Kier alpha value is -0.120. The highest BCUT2D eigenvalue weighted by molar-refractivity contribution is 4.88. The number of ether oxygens (including phenoxy) is 1. The largest absolute Gasteiger partial charge is 0.389 e. The van der Waals surface area contributed by atoms with Gasteiger partial charge in [0, 0.05) is 19.2 Å². The van der Waals surface area contributed by atoms with Crippen LogP contribution in [-0.4, -0.2) is 37.0 Å². The number of hydrogen-bond acceptors (Lipinski definition) is 3. The predicted octanol–water partition coefficient (Wildman–Crippen LogP) is 2.33. The molecular weight excluding hydrogens is 238 g/mol. The molecule has 0 aromatic heterocycles. The van der Waals surface area contributed by atoms with E-state index in [1.807, 2.05) is 0 Å². The fourth-order valence-electron chi connectivity index (χ4n) is 3.43. The molecule has 0 saturated heterocycles. The van der Waals surface area contributed by atoms with Gasteiger partial charge in [-0.2, -0.15) is 0 Å². The molecule has 3 aliphatic rings. The Kier molecular flexibility index (Phi) is 4.78. The molecule has 3 atom stereocenters. The summed E-state index contributed by atoms with van der Waals surface area (Å²) in [6.45, 7) is 2.05. The Morgan fingerprint density at radius 1 is 1.05 bits per heavy atom. The van der Waals surface area contributed by atoms with Gasteiger partial charge in [0.1, 0.15) is 0 Å². The molecule has 3 aliphatic carbocycles. The number of nitrogens with one attached hydrogen (secondary N) is 1. The van der Waals surface area contributed by atoms with Gasteiger partial charge in [-0.1, -0.05) is 12.8 Å². The summed E-state index contributed by atoms with van der Waals surface area (Å²) in [5.41, 5.74) is 0. The van der Waals surface area contributed by atoms with Crippen molar-refractivity contribution in [1.29, 1.82) is 0 Å². The zero-order valence-electron chi connectivity index (χ0n) is 12.0. The van der Waals surface area contributed by atoms with E-state index in [1.54, 1.807) is 0 Å². The van der Waals surface area contributed by atoms with Gasteiger partial charge in [0.05, 0.1) is 12.7 Å². The molecule has 3 rings (SSSR count). The van der Waals surface area contributed by atoms with Gasteiger partial charge in [-0.15, -0.1) is 0 Å². The molecule has 3 heteroatoms. The molecule has 3 saturated carbocycles. The summed E-state index contributed by atoms with van der Waals surface area (Å²) in [5.74, 6) is 2.80. The second-order valence-electron chi connectivity index (χ2n) is 7.00. The van der Waals surface area contributed by atoms with Gasteiger partial charge < -0.3 is 15.2 Å². The maximum atomic E-state index is 9.91. The van der Waals surface area contributed by atoms with Gasteiger partial charge in [0.2, 0.25) is 0 Å². The first-order valence-corrected chi connectivity index (χ1v) is 8.30. The van der Waals surface area contributed by atoms with E-state index in [-0.39, 0.29) is 6.10 Å². The van der Waals surface area contributed by atoms with E-state index in [9.17, 15) is 5.11 Å². The van der Waals surface area contributed by atoms with Gasteiger partial charge in [0.15, 0.2) is 0 Å². The van der Waals surface area contributed by atoms with Crippen LogP contribution >= 0.6 is 0 Å². The third-order valence-electron chi connectivity index (χ3n) is 5.01. The van der Waals surface area contributed by atoms with E-state index in [4.69, 9.17) is 4.74 Å². The lowest BCUT2D eigenvalue weighted by Gasteiger charge is -2.30. The van der Waals surface area contributed by atoms with Crippen molar-refractivity contribution in [3.63, 3.8) is 0 Å². The van der Waals surface area contributed by atoms with E-state index in [1.165, 1.54) is 51.4 Å². The highest BCUT2D eigenvalue weighted by atomic mass is 16.5. The van der Waals surface area contributed by atoms with Crippen molar-refractivity contribution in [2.75, 3.05) is 19.8 Å². The van der Waals surface area contributed by atoms with Crippen LogP contribution in [0.5, 0.6) is 0 Å². The summed E-state index contributed by atoms with van der Waals surface area (Å²) in [4.78, 5) is 0. The lowest BCUT2D eigenvalue weighted by atomic mass is 9.82. The van der Waals surface area contributed by atoms with Gasteiger partial charge in [-0.05, 0) is 56.3 Å². The molecule has 0 aliphatic heterocycles. The molecule has 110 valence electrons. The maximum Gasteiger partial charge on any atom is 0.0897 e. The molecule has 0 aromatic carbocycles. The summed E-state index contributed by atoms with van der Waals surface area (Å²) in [6.07, 6.45) is 10.7. The second-order valence-corrected chi connectivity index (χ2v) is 7.00. The molecule has 19 heavy (non-hydrogen) atoms. The van der Waals surface area contributed by atoms with Crippen molar-refractivity contribution >= 4 is 0 Å². The molecule has 3 fully saturated rings. The van der Waals surface area contributed by atoms with Gasteiger partial charge >= 0.3 is 0 Å². The lowest BCUT2D eigenvalue weighted by molar-refractivity contribution is 0.0301. The van der Waals surface area contributed by atoms with Gasteiger partial charge in [-0.25, -0.2) is 0 Å². The molecule has 0 spiro atoms. The first kappa shape index (κ1) is 13.8. The van der Waals surface area contributed by atoms with Crippen LogP contribution in [0.25, 0.3) is 0 Å². The zero-order chi connectivity index (χ0) is 13.1. The van der Waals surface area contributed by atoms with E-state index >= 15 is 0 Å². The minimum absolute atomic E-state index is 0.333. The number of rotatable bonds is 8. The van der Waals surface area contributed by atoms with Crippen molar-refractivity contribution in [3.8, 4) is 0 Å². The van der Waals surface area contributed by atoms with E-state index in [0.29, 0.717) is 19.2 Å². The second kappa shape index (κ2) is 6.55. The van der Waals surface area contributed by atoms with Crippen LogP contribution in [-0.2, 0) is 4.74 Å². The van der Waals surface area contributed by atoms with Crippen LogP contribution in [0.15, 0.2) is 0 Å². The first-order chi connectivity index (χ1) is 9.31. The summed E-state index contributed by atoms with van der Waals surface area (Å²) in [6, 6.07) is 0.637. The average molecular weight is 267 g/mol. The SMILES string of the molecule is OC(CNC1CCCC(C2CC2)C1)COCC1CC1. The number of hydrogen-bond donors (Lipinski definition) is 2. The van der Waals surface area contributed by atoms with Crippen LogP contribution in [0, 0.1) is 17.8 Å². The summed E-state index contributed by atoms with van der Waals surface area (Å²) in [5, 5.41) is 13.5. The Bertz CT molecular complexity index is 276. The van der Waals surface area contributed by atoms with Crippen molar-refractivity contribution in [1.82, 2.24) is 5.32 Å². The summed E-state index contributed by atoms with van der Waals surface area (Å²) >= 11 is 0. The molecular formula is C16H29NO2. The molecule has 0 bridgehead atoms. The molecule has 0 radical (unpaired) electrons. The van der Waals surface area contributed by atoms with E-state index in [2.05, 4.69) is 5.32 Å². The molecule has 0 heterocycles. The summed E-state index contributed by atoms with van der Waals surface area (Å²) < 4.78 is 5.54. The quantitative estimate of drug-likeness (QED) is 0.709. The van der Waals surface area contributed by atoms with E-state index in [0.717, 1.165) is 24.4 Å². The summed E-state index contributed by atoms with van der Waals surface area (Å²) in [7, 11) is 0. The molecule has 0 aromatic rings. The van der Waals surface area contributed by atoms with Gasteiger partial charge in [-0.3, -0.25) is 0 Å². The van der Waals surface area contributed by atoms with Gasteiger partial charge in [0.25, 0.3) is 0 Å². The number of aliphatic hydroxyl groups excluding tert-OH is 1. The standard InChI is InChI=1S/C16H29NO2/c18-16(11-19-10-12-4-5-12)9-17-15-3-1-2-14(8-15)13-6-7-13/h12-18H,1-11H2. The highest BCUT2D eigenvalue weighted by Crippen LogP contribution is 2.43. The number of aliphatic hydroxyl groups is 1. The Balaban J connectivity index is 1.27. The topological polar surface area (TPSA) is 41.5 Å². The van der Waals surface area contributed by atoms with Crippen molar-refractivity contribution in [2.24, 2.45) is 17.8 Å². The van der Waals surface area contributed by atoms with Crippen LogP contribution in [0.3, 0.4) is 0 Å². The molecule has 0 amide bonds. The fraction of sp³-hybridized carbons (Fsp3) is 1.00. The molecule has 3 nitrogen and oxygen atoms in total. The third kappa shape index (κ3) is 4.73.